The number of hydrogen-bond donors (Lipinski definition) is 1. The molecule has 0 saturated carbocycles. The molecule has 0 radical (unpaired) electrons. The van der Waals surface area contributed by atoms with Gasteiger partial charge in [-0.15, -0.1) is 11.3 Å². The zero-order chi connectivity index (χ0) is 14.8. The molecule has 1 fully saturated rings. The third-order valence-electron chi connectivity index (χ3n) is 3.84. The topological polar surface area (TPSA) is 68.1 Å². The number of aromatic nitrogens is 1. The molecular formula is C15H17N3O2S. The molecule has 1 unspecified atom stereocenters. The summed E-state index contributed by atoms with van der Waals surface area (Å²) in [6.07, 6.45) is 3.37. The molecule has 21 heavy (non-hydrogen) atoms. The lowest BCUT2D eigenvalue weighted by molar-refractivity contribution is -0.385. The van der Waals surface area contributed by atoms with Gasteiger partial charge in [0.15, 0.2) is 0 Å². The van der Waals surface area contributed by atoms with E-state index >= 15 is 0 Å². The highest BCUT2D eigenvalue weighted by molar-refractivity contribution is 7.09. The second kappa shape index (κ2) is 5.91. The summed E-state index contributed by atoms with van der Waals surface area (Å²) < 4.78 is 0. The van der Waals surface area contributed by atoms with Crippen LogP contribution in [0.1, 0.15) is 23.4 Å². The van der Waals surface area contributed by atoms with E-state index in [0.717, 1.165) is 29.2 Å². The molecule has 1 aromatic heterocycles. The minimum absolute atomic E-state index is 0.152. The van der Waals surface area contributed by atoms with Crippen LogP contribution in [0, 0.1) is 17.0 Å². The Morgan fingerprint density at radius 1 is 1.52 bits per heavy atom. The Kier molecular flexibility index (Phi) is 3.98. The van der Waals surface area contributed by atoms with Crippen LogP contribution in [0.15, 0.2) is 23.6 Å². The fourth-order valence-electron chi connectivity index (χ4n) is 2.64. The van der Waals surface area contributed by atoms with E-state index in [1.807, 2.05) is 11.4 Å². The highest BCUT2D eigenvalue weighted by atomic mass is 32.1. The number of nitro benzene ring substituents is 1. The Morgan fingerprint density at radius 2 is 2.38 bits per heavy atom. The Bertz CT molecular complexity index is 663. The van der Waals surface area contributed by atoms with E-state index < -0.39 is 0 Å². The normalized spacial score (nSPS) is 18.0. The summed E-state index contributed by atoms with van der Waals surface area (Å²) in [7, 11) is 0. The lowest BCUT2D eigenvalue weighted by atomic mass is 10.1. The number of aryl methyl sites for hydroxylation is 1. The Balaban J connectivity index is 1.82. The molecule has 1 aliphatic rings. The molecule has 1 atom stereocenters. The molecule has 1 aliphatic heterocycles. The van der Waals surface area contributed by atoms with Gasteiger partial charge in [0.25, 0.3) is 5.69 Å². The summed E-state index contributed by atoms with van der Waals surface area (Å²) in [5.41, 5.74) is 2.47. The predicted molar refractivity (Wildman–Crippen MR) is 83.7 cm³/mol. The lowest BCUT2D eigenvalue weighted by Crippen LogP contribution is -2.23. The minimum atomic E-state index is -0.339. The summed E-state index contributed by atoms with van der Waals surface area (Å²) in [5.74, 6) is 0. The van der Waals surface area contributed by atoms with Crippen molar-refractivity contribution in [3.05, 3.63) is 44.3 Å². The number of hydrogen-bond acceptors (Lipinski definition) is 5. The number of benzene rings is 1. The molecule has 1 saturated heterocycles. The minimum Gasteiger partial charge on any atom is -0.314 e. The van der Waals surface area contributed by atoms with Gasteiger partial charge < -0.3 is 5.32 Å². The van der Waals surface area contributed by atoms with Crippen molar-refractivity contribution in [3.8, 4) is 11.3 Å². The quantitative estimate of drug-likeness (QED) is 0.695. The molecule has 5 nitrogen and oxygen atoms in total. The molecule has 6 heteroatoms. The van der Waals surface area contributed by atoms with E-state index in [-0.39, 0.29) is 10.6 Å². The maximum absolute atomic E-state index is 11.0. The standard InChI is InChI=1S/C15H17N3O2S/c1-10-4-5-11(7-14(10)18(19)20)13-9-21-15(17-13)8-12-3-2-6-16-12/h4-5,7,9,12,16H,2-3,6,8H2,1H3. The van der Waals surface area contributed by atoms with Crippen molar-refractivity contribution >= 4 is 17.0 Å². The van der Waals surface area contributed by atoms with Gasteiger partial charge in [-0.1, -0.05) is 12.1 Å². The number of rotatable bonds is 4. The van der Waals surface area contributed by atoms with Crippen molar-refractivity contribution in [1.82, 2.24) is 10.3 Å². The van der Waals surface area contributed by atoms with Crippen LogP contribution < -0.4 is 5.32 Å². The summed E-state index contributed by atoms with van der Waals surface area (Å²) in [6, 6.07) is 5.82. The molecule has 1 N–H and O–H groups in total. The van der Waals surface area contributed by atoms with E-state index in [9.17, 15) is 10.1 Å². The molecule has 0 amide bonds. The highest BCUT2D eigenvalue weighted by Gasteiger charge is 2.17. The van der Waals surface area contributed by atoms with Crippen LogP contribution in [-0.2, 0) is 6.42 Å². The zero-order valence-electron chi connectivity index (χ0n) is 11.8. The molecule has 2 aromatic rings. The average molecular weight is 303 g/mol. The van der Waals surface area contributed by atoms with Crippen LogP contribution in [0.5, 0.6) is 0 Å². The molecule has 0 bridgehead atoms. The van der Waals surface area contributed by atoms with Crippen molar-refractivity contribution in [2.45, 2.75) is 32.2 Å². The maximum Gasteiger partial charge on any atom is 0.272 e. The van der Waals surface area contributed by atoms with Crippen LogP contribution in [0.25, 0.3) is 11.3 Å². The van der Waals surface area contributed by atoms with Crippen LogP contribution >= 0.6 is 11.3 Å². The zero-order valence-corrected chi connectivity index (χ0v) is 12.7. The monoisotopic (exact) mass is 303 g/mol. The first kappa shape index (κ1) is 14.2. The second-order valence-corrected chi connectivity index (χ2v) is 6.32. The number of nitro groups is 1. The first-order valence-corrected chi connectivity index (χ1v) is 7.94. The predicted octanol–water partition coefficient (Wildman–Crippen LogP) is 3.32. The van der Waals surface area contributed by atoms with Crippen molar-refractivity contribution in [1.29, 1.82) is 0 Å². The fraction of sp³-hybridized carbons (Fsp3) is 0.400. The van der Waals surface area contributed by atoms with Gasteiger partial charge in [0.1, 0.15) is 0 Å². The smallest absolute Gasteiger partial charge is 0.272 e. The molecule has 0 aliphatic carbocycles. The number of nitrogens with one attached hydrogen (secondary N) is 1. The van der Waals surface area contributed by atoms with Gasteiger partial charge in [0, 0.05) is 35.0 Å². The summed E-state index contributed by atoms with van der Waals surface area (Å²) >= 11 is 1.63. The SMILES string of the molecule is Cc1ccc(-c2csc(CC3CCCN3)n2)cc1[N+](=O)[O-]. The largest absolute Gasteiger partial charge is 0.314 e. The van der Waals surface area contributed by atoms with Crippen molar-refractivity contribution in [2.24, 2.45) is 0 Å². The van der Waals surface area contributed by atoms with Crippen LogP contribution in [0.2, 0.25) is 0 Å². The average Bonchev–Trinajstić information content (AvgIpc) is 3.11. The van der Waals surface area contributed by atoms with E-state index in [2.05, 4.69) is 10.3 Å². The molecule has 110 valence electrons. The summed E-state index contributed by atoms with van der Waals surface area (Å²) in [6.45, 7) is 2.84. The van der Waals surface area contributed by atoms with Crippen LogP contribution in [0.3, 0.4) is 0 Å². The fourth-order valence-corrected chi connectivity index (χ4v) is 3.53. The summed E-state index contributed by atoms with van der Waals surface area (Å²) in [5, 5.41) is 17.6. The van der Waals surface area contributed by atoms with Gasteiger partial charge in [-0.3, -0.25) is 10.1 Å². The Morgan fingerprint density at radius 3 is 3.10 bits per heavy atom. The third-order valence-corrected chi connectivity index (χ3v) is 4.71. The lowest BCUT2D eigenvalue weighted by Gasteiger charge is -2.06. The van der Waals surface area contributed by atoms with E-state index in [4.69, 9.17) is 0 Å². The van der Waals surface area contributed by atoms with E-state index in [0.29, 0.717) is 11.6 Å². The Labute approximate surface area is 127 Å². The molecular weight excluding hydrogens is 286 g/mol. The highest BCUT2D eigenvalue weighted by Crippen LogP contribution is 2.28. The van der Waals surface area contributed by atoms with E-state index in [1.54, 1.807) is 30.4 Å². The van der Waals surface area contributed by atoms with Crippen molar-refractivity contribution in [2.75, 3.05) is 6.54 Å². The number of nitrogens with zero attached hydrogens (tertiary/aromatic N) is 2. The van der Waals surface area contributed by atoms with Gasteiger partial charge in [-0.2, -0.15) is 0 Å². The first-order chi connectivity index (χ1) is 10.1. The van der Waals surface area contributed by atoms with Gasteiger partial charge >= 0.3 is 0 Å². The van der Waals surface area contributed by atoms with Gasteiger partial charge in [0.2, 0.25) is 0 Å². The molecule has 1 aromatic carbocycles. The van der Waals surface area contributed by atoms with Crippen LogP contribution in [0.4, 0.5) is 5.69 Å². The van der Waals surface area contributed by atoms with Crippen molar-refractivity contribution in [3.63, 3.8) is 0 Å². The first-order valence-electron chi connectivity index (χ1n) is 7.06. The Hall–Kier alpha value is -1.79. The van der Waals surface area contributed by atoms with Gasteiger partial charge in [-0.05, 0) is 26.3 Å². The maximum atomic E-state index is 11.0. The van der Waals surface area contributed by atoms with Gasteiger partial charge in [-0.25, -0.2) is 4.98 Å². The molecule has 0 spiro atoms. The van der Waals surface area contributed by atoms with Crippen molar-refractivity contribution < 1.29 is 4.92 Å². The van der Waals surface area contributed by atoms with Crippen LogP contribution in [-0.4, -0.2) is 22.5 Å². The number of thiazole rings is 1. The van der Waals surface area contributed by atoms with E-state index in [1.165, 1.54) is 12.8 Å². The van der Waals surface area contributed by atoms with Gasteiger partial charge in [0.05, 0.1) is 15.6 Å². The molecule has 3 rings (SSSR count). The molecule has 2 heterocycles. The third kappa shape index (κ3) is 3.11. The summed E-state index contributed by atoms with van der Waals surface area (Å²) in [4.78, 5) is 15.3. The second-order valence-electron chi connectivity index (χ2n) is 5.38.